The molecule has 1 aliphatic rings. The summed E-state index contributed by atoms with van der Waals surface area (Å²) in [6.45, 7) is 1.66. The molecule has 3 aromatic rings. The molecule has 1 atom stereocenters. The van der Waals surface area contributed by atoms with Crippen molar-refractivity contribution in [3.63, 3.8) is 0 Å². The van der Waals surface area contributed by atoms with Crippen LogP contribution in [0.1, 0.15) is 41.0 Å². The van der Waals surface area contributed by atoms with Gasteiger partial charge in [-0.05, 0) is 31.0 Å². The van der Waals surface area contributed by atoms with Crippen molar-refractivity contribution < 1.29 is 19.8 Å². The molecular formula is C22H19Cl4N3O4S. The molecular weight excluding hydrogens is 544 g/mol. The van der Waals surface area contributed by atoms with Gasteiger partial charge in [-0.3, -0.25) is 9.59 Å². The van der Waals surface area contributed by atoms with Crippen molar-refractivity contribution in [2.24, 2.45) is 0 Å². The van der Waals surface area contributed by atoms with E-state index in [1.54, 1.807) is 10.6 Å². The number of aromatic nitrogens is 2. The Hall–Kier alpha value is -1.97. The number of amides is 1. The molecule has 180 valence electrons. The normalized spacial score (nSPS) is 14.9. The first-order valence-corrected chi connectivity index (χ1v) is 12.7. The van der Waals surface area contributed by atoms with E-state index in [1.165, 1.54) is 19.1 Å². The Balaban J connectivity index is 1.82. The number of hydrogen-bond donors (Lipinski definition) is 4. The lowest BCUT2D eigenvalue weighted by Gasteiger charge is -2.21. The molecule has 0 unspecified atom stereocenters. The Morgan fingerprint density at radius 1 is 1.18 bits per heavy atom. The van der Waals surface area contributed by atoms with Crippen LogP contribution in [0.3, 0.4) is 0 Å². The van der Waals surface area contributed by atoms with E-state index in [0.29, 0.717) is 28.7 Å². The Kier molecular flexibility index (Phi) is 7.36. The van der Waals surface area contributed by atoms with Crippen molar-refractivity contribution in [2.45, 2.75) is 25.8 Å². The third kappa shape index (κ3) is 4.62. The van der Waals surface area contributed by atoms with Crippen LogP contribution in [0, 0.1) is 0 Å². The molecule has 0 saturated heterocycles. The number of hydrogen-bond acceptors (Lipinski definition) is 5. The second-order valence-electron chi connectivity index (χ2n) is 7.74. The molecule has 2 aromatic heterocycles. The molecule has 7 nitrogen and oxygen atoms in total. The van der Waals surface area contributed by atoms with Gasteiger partial charge in [0.1, 0.15) is 21.8 Å². The first kappa shape index (κ1) is 25.1. The molecule has 1 aliphatic heterocycles. The van der Waals surface area contributed by atoms with E-state index >= 15 is 0 Å². The number of aromatic amines is 1. The van der Waals surface area contributed by atoms with Gasteiger partial charge in [-0.2, -0.15) is 0 Å². The van der Waals surface area contributed by atoms with E-state index in [2.05, 4.69) is 10.3 Å². The molecule has 0 fully saturated rings. The highest BCUT2D eigenvalue weighted by Gasteiger charge is 2.34. The summed E-state index contributed by atoms with van der Waals surface area (Å²) in [6.07, 6.45) is 1.18. The Labute approximate surface area is 219 Å². The van der Waals surface area contributed by atoms with Crippen LogP contribution in [0.5, 0.6) is 11.5 Å². The minimum atomic E-state index is -0.518. The topological polar surface area (TPSA) is 107 Å². The van der Waals surface area contributed by atoms with Crippen LogP contribution in [0.15, 0.2) is 18.2 Å². The number of aromatic hydroxyl groups is 2. The third-order valence-electron chi connectivity index (χ3n) is 5.58. The van der Waals surface area contributed by atoms with Crippen molar-refractivity contribution in [3.8, 4) is 22.8 Å². The van der Waals surface area contributed by atoms with Crippen molar-refractivity contribution in [3.05, 3.63) is 55.4 Å². The highest BCUT2D eigenvalue weighted by atomic mass is 35.5. The number of thioether (sulfide) groups is 1. The van der Waals surface area contributed by atoms with Crippen molar-refractivity contribution in [2.75, 3.05) is 12.3 Å². The number of H-pyrrole nitrogens is 1. The van der Waals surface area contributed by atoms with Crippen LogP contribution >= 0.6 is 58.2 Å². The first-order valence-electron chi connectivity index (χ1n) is 10.2. The summed E-state index contributed by atoms with van der Waals surface area (Å²) in [5.41, 5.74) is 1.61. The van der Waals surface area contributed by atoms with E-state index in [-0.39, 0.29) is 56.6 Å². The zero-order valence-electron chi connectivity index (χ0n) is 17.7. The Bertz CT molecular complexity index is 1280. The largest absolute Gasteiger partial charge is 0.507 e. The van der Waals surface area contributed by atoms with Gasteiger partial charge in [0, 0.05) is 36.2 Å². The smallest absolute Gasteiger partial charge is 0.223 e. The summed E-state index contributed by atoms with van der Waals surface area (Å²) in [7, 11) is 0. The van der Waals surface area contributed by atoms with Crippen LogP contribution in [-0.2, 0) is 11.2 Å². The lowest BCUT2D eigenvalue weighted by molar-refractivity contribution is -0.118. The van der Waals surface area contributed by atoms with Gasteiger partial charge in [0.15, 0.2) is 0 Å². The van der Waals surface area contributed by atoms with Crippen LogP contribution < -0.4 is 5.32 Å². The fourth-order valence-corrected chi connectivity index (χ4v) is 5.69. The van der Waals surface area contributed by atoms with Gasteiger partial charge in [0.05, 0.1) is 27.2 Å². The van der Waals surface area contributed by atoms with Crippen LogP contribution in [-0.4, -0.2) is 43.1 Å². The quantitative estimate of drug-likeness (QED) is 0.273. The number of rotatable bonds is 6. The average molecular weight is 563 g/mol. The second kappa shape index (κ2) is 9.95. The summed E-state index contributed by atoms with van der Waals surface area (Å²) >= 11 is 25.6. The summed E-state index contributed by atoms with van der Waals surface area (Å²) in [5.74, 6) is -0.509. The summed E-state index contributed by atoms with van der Waals surface area (Å²) < 4.78 is 1.75. The van der Waals surface area contributed by atoms with Crippen LogP contribution in [0.25, 0.3) is 11.3 Å². The lowest BCUT2D eigenvalue weighted by Crippen LogP contribution is -2.22. The number of halogens is 4. The number of nitrogens with zero attached hydrogens (tertiary/aromatic N) is 1. The summed E-state index contributed by atoms with van der Waals surface area (Å²) in [5, 5.41) is 25.6. The van der Waals surface area contributed by atoms with Gasteiger partial charge < -0.3 is 25.1 Å². The molecule has 3 heterocycles. The van der Waals surface area contributed by atoms with Crippen LogP contribution in [0.4, 0.5) is 0 Å². The second-order valence-corrected chi connectivity index (χ2v) is 10.4. The number of nitrogens with one attached hydrogen (secondary N) is 2. The maximum Gasteiger partial charge on any atom is 0.223 e. The van der Waals surface area contributed by atoms with E-state index in [4.69, 9.17) is 46.4 Å². The number of benzene rings is 1. The average Bonchev–Trinajstić information content (AvgIpc) is 3.40. The highest BCUT2D eigenvalue weighted by molar-refractivity contribution is 8.14. The fourth-order valence-electron chi connectivity index (χ4n) is 4.14. The number of phenolic OH excluding ortho intramolecular Hbond substituents is 2. The van der Waals surface area contributed by atoms with E-state index in [9.17, 15) is 19.8 Å². The minimum absolute atomic E-state index is 0.0157. The lowest BCUT2D eigenvalue weighted by atomic mass is 9.94. The van der Waals surface area contributed by atoms with Gasteiger partial charge >= 0.3 is 0 Å². The van der Waals surface area contributed by atoms with Gasteiger partial charge in [0.2, 0.25) is 11.0 Å². The van der Waals surface area contributed by atoms with E-state index in [0.717, 1.165) is 17.5 Å². The minimum Gasteiger partial charge on any atom is -0.507 e. The Morgan fingerprint density at radius 2 is 1.91 bits per heavy atom. The number of carbonyl (C=O) groups is 2. The molecule has 4 rings (SSSR count). The number of fused-ring (bicyclic) bond motifs is 1. The fraction of sp³-hybridized carbons (Fsp3) is 0.273. The van der Waals surface area contributed by atoms with Gasteiger partial charge in [0.25, 0.3) is 0 Å². The predicted octanol–water partition coefficient (Wildman–Crippen LogP) is 6.05. The zero-order chi connectivity index (χ0) is 24.7. The third-order valence-corrected chi connectivity index (χ3v) is 7.92. The first-order chi connectivity index (χ1) is 16.1. The molecule has 34 heavy (non-hydrogen) atoms. The molecule has 0 saturated carbocycles. The SMILES string of the molecule is CC(=O)NCCSC(=O)c1c(-c2cc(Cl)c(Cl)[nH]2)cc(O)c([C@@H]2CCc3cc(Cl)c(Cl)n32)c1O. The Morgan fingerprint density at radius 3 is 2.56 bits per heavy atom. The summed E-state index contributed by atoms with van der Waals surface area (Å²) in [4.78, 5) is 27.2. The number of aryl methyl sites for hydroxylation is 1. The molecule has 1 amide bonds. The van der Waals surface area contributed by atoms with E-state index < -0.39 is 11.2 Å². The number of phenols is 2. The maximum atomic E-state index is 13.3. The molecule has 1 aromatic carbocycles. The van der Waals surface area contributed by atoms with Crippen molar-refractivity contribution in [1.82, 2.24) is 14.9 Å². The molecule has 0 aliphatic carbocycles. The number of carbonyl (C=O) groups excluding carboxylic acids is 2. The summed E-state index contributed by atoms with van der Waals surface area (Å²) in [6, 6.07) is 4.13. The van der Waals surface area contributed by atoms with E-state index in [1.807, 2.05) is 0 Å². The molecule has 0 spiro atoms. The molecule has 12 heteroatoms. The maximum absolute atomic E-state index is 13.3. The predicted molar refractivity (Wildman–Crippen MR) is 136 cm³/mol. The van der Waals surface area contributed by atoms with Gasteiger partial charge in [-0.25, -0.2) is 0 Å². The molecule has 4 N–H and O–H groups in total. The standard InChI is InChI=1S/C22H19Cl4N3O4S/c1-9(30)27-4-5-34-22(33)17-11(14-8-12(23)20(25)28-14)7-16(31)18(19(17)32)15-3-2-10-6-13(24)21(26)29(10)15/h6-8,15,28,31-32H,2-5H2,1H3,(H,27,30)/t15-/m0/s1. The van der Waals surface area contributed by atoms with Crippen LogP contribution in [0.2, 0.25) is 20.4 Å². The molecule has 0 bridgehead atoms. The monoisotopic (exact) mass is 561 g/mol. The van der Waals surface area contributed by atoms with Crippen molar-refractivity contribution >= 4 is 69.2 Å². The van der Waals surface area contributed by atoms with Crippen molar-refractivity contribution in [1.29, 1.82) is 0 Å². The van der Waals surface area contributed by atoms with Gasteiger partial charge in [-0.15, -0.1) is 0 Å². The highest BCUT2D eigenvalue weighted by Crippen LogP contribution is 2.49. The molecule has 0 radical (unpaired) electrons. The zero-order valence-corrected chi connectivity index (χ0v) is 21.6. The van der Waals surface area contributed by atoms with Gasteiger partial charge in [-0.1, -0.05) is 58.2 Å².